The Bertz CT molecular complexity index is 1030. The number of ether oxygens (including phenoxy) is 1. The van der Waals surface area contributed by atoms with E-state index in [0.29, 0.717) is 43.1 Å². The zero-order chi connectivity index (χ0) is 23.4. The molecule has 0 aliphatic carbocycles. The van der Waals surface area contributed by atoms with Gasteiger partial charge in [0.15, 0.2) is 0 Å². The van der Waals surface area contributed by atoms with E-state index in [-0.39, 0.29) is 28.4 Å². The summed E-state index contributed by atoms with van der Waals surface area (Å²) in [6, 6.07) is 9.33. The maximum absolute atomic E-state index is 14.3. The van der Waals surface area contributed by atoms with Gasteiger partial charge in [0.25, 0.3) is 0 Å². The maximum atomic E-state index is 14.3. The number of aromatic carboxylic acids is 1. The largest absolute Gasteiger partial charge is 0.484 e. The molecule has 2 aromatic carbocycles. The number of carbonyl (C=O) groups is 2. The fourth-order valence-electron chi connectivity index (χ4n) is 3.81. The monoisotopic (exact) mass is 460 g/mol. The minimum Gasteiger partial charge on any atom is -0.484 e. The first-order valence-corrected chi connectivity index (χ1v) is 10.7. The van der Waals surface area contributed by atoms with Crippen LogP contribution in [-0.2, 0) is 4.79 Å². The quantitative estimate of drug-likeness (QED) is 0.623. The molecule has 170 valence electrons. The first-order valence-electron chi connectivity index (χ1n) is 10.3. The van der Waals surface area contributed by atoms with Crippen molar-refractivity contribution in [3.63, 3.8) is 0 Å². The molecule has 0 radical (unpaired) electrons. The van der Waals surface area contributed by atoms with Crippen molar-refractivity contribution in [1.82, 2.24) is 9.80 Å². The molecule has 1 unspecified atom stereocenters. The van der Waals surface area contributed by atoms with Crippen molar-refractivity contribution >= 4 is 23.5 Å². The Morgan fingerprint density at radius 2 is 2.06 bits per heavy atom. The van der Waals surface area contributed by atoms with E-state index < -0.39 is 12.1 Å². The van der Waals surface area contributed by atoms with Crippen LogP contribution in [-0.4, -0.2) is 59.0 Å². The molecule has 0 bridgehead atoms. The highest BCUT2D eigenvalue weighted by Gasteiger charge is 2.29. The van der Waals surface area contributed by atoms with E-state index in [1.165, 1.54) is 30.3 Å². The Hall–Kier alpha value is -2.90. The number of halogens is 2. The van der Waals surface area contributed by atoms with Crippen LogP contribution in [0.3, 0.4) is 0 Å². The fourth-order valence-corrected chi connectivity index (χ4v) is 4.06. The van der Waals surface area contributed by atoms with Gasteiger partial charge >= 0.3 is 5.97 Å². The molecule has 0 spiro atoms. The molecule has 1 N–H and O–H groups in total. The maximum Gasteiger partial charge on any atom is 0.337 e. The number of carboxylic acids is 1. The number of hydrogen-bond donors (Lipinski definition) is 1. The van der Waals surface area contributed by atoms with Gasteiger partial charge in [-0.3, -0.25) is 9.69 Å². The van der Waals surface area contributed by atoms with E-state index in [1.807, 2.05) is 13.0 Å². The van der Waals surface area contributed by atoms with Crippen LogP contribution >= 0.6 is 11.6 Å². The lowest BCUT2D eigenvalue weighted by atomic mass is 10.0. The second-order valence-electron chi connectivity index (χ2n) is 7.91. The topological polar surface area (TPSA) is 70.1 Å². The van der Waals surface area contributed by atoms with E-state index in [2.05, 4.69) is 11.5 Å². The van der Waals surface area contributed by atoms with Crippen LogP contribution in [0.1, 0.15) is 34.5 Å². The summed E-state index contributed by atoms with van der Waals surface area (Å²) < 4.78 is 20.5. The summed E-state index contributed by atoms with van der Waals surface area (Å²) >= 11 is 6.09. The van der Waals surface area contributed by atoms with Crippen LogP contribution in [0.15, 0.2) is 49.1 Å². The number of aryl methyl sites for hydroxylation is 1. The summed E-state index contributed by atoms with van der Waals surface area (Å²) in [7, 11) is 0. The smallest absolute Gasteiger partial charge is 0.337 e. The van der Waals surface area contributed by atoms with Gasteiger partial charge in [0.1, 0.15) is 17.7 Å². The minimum atomic E-state index is -1.13. The van der Waals surface area contributed by atoms with Crippen molar-refractivity contribution in [2.45, 2.75) is 26.0 Å². The van der Waals surface area contributed by atoms with E-state index in [4.69, 9.17) is 16.3 Å². The molecule has 3 rings (SSSR count). The molecule has 6 nitrogen and oxygen atoms in total. The third-order valence-electron chi connectivity index (χ3n) is 5.61. The SMILES string of the molecule is C=CC(=O)N1CCN(CC(Oc2ccc(C(=O)O)c(Cl)c2)c2ccc(C)c(F)c2)C[C@H]1C. The van der Waals surface area contributed by atoms with Crippen LogP contribution in [0.2, 0.25) is 5.02 Å². The van der Waals surface area contributed by atoms with Crippen molar-refractivity contribution in [2.24, 2.45) is 0 Å². The molecule has 8 heteroatoms. The summed E-state index contributed by atoms with van der Waals surface area (Å²) in [5.74, 6) is -1.16. The van der Waals surface area contributed by atoms with Gasteiger partial charge in [0.05, 0.1) is 10.6 Å². The van der Waals surface area contributed by atoms with E-state index in [9.17, 15) is 19.1 Å². The Kier molecular flexibility index (Phi) is 7.53. The fraction of sp³-hybridized carbons (Fsp3) is 0.333. The van der Waals surface area contributed by atoms with Gasteiger partial charge in [-0.2, -0.15) is 0 Å². The number of hydrogen-bond acceptors (Lipinski definition) is 4. The molecular formula is C24H26ClFN2O4. The van der Waals surface area contributed by atoms with Crippen molar-refractivity contribution in [3.05, 3.63) is 76.6 Å². The second-order valence-corrected chi connectivity index (χ2v) is 8.31. The Morgan fingerprint density at radius 3 is 2.66 bits per heavy atom. The van der Waals surface area contributed by atoms with Crippen LogP contribution in [0.25, 0.3) is 0 Å². The van der Waals surface area contributed by atoms with Crippen molar-refractivity contribution in [1.29, 1.82) is 0 Å². The average Bonchev–Trinajstić information content (AvgIpc) is 2.74. The van der Waals surface area contributed by atoms with Gasteiger partial charge in [0.2, 0.25) is 5.91 Å². The summed E-state index contributed by atoms with van der Waals surface area (Å²) in [5.41, 5.74) is 1.17. The van der Waals surface area contributed by atoms with E-state index in [0.717, 1.165) is 0 Å². The molecule has 1 heterocycles. The molecular weight excluding hydrogens is 435 g/mol. The van der Waals surface area contributed by atoms with Gasteiger partial charge in [-0.05, 0) is 55.3 Å². The lowest BCUT2D eigenvalue weighted by molar-refractivity contribution is -0.130. The Balaban J connectivity index is 1.83. The van der Waals surface area contributed by atoms with Crippen molar-refractivity contribution in [3.8, 4) is 5.75 Å². The molecule has 1 fully saturated rings. The number of rotatable bonds is 7. The highest BCUT2D eigenvalue weighted by Crippen LogP contribution is 2.29. The van der Waals surface area contributed by atoms with Crippen LogP contribution < -0.4 is 4.74 Å². The number of amides is 1. The van der Waals surface area contributed by atoms with E-state index in [1.54, 1.807) is 17.9 Å². The molecule has 1 aliphatic rings. The molecule has 32 heavy (non-hydrogen) atoms. The van der Waals surface area contributed by atoms with Crippen LogP contribution in [0.4, 0.5) is 4.39 Å². The zero-order valence-electron chi connectivity index (χ0n) is 18.1. The number of carbonyl (C=O) groups excluding carboxylic acids is 1. The number of piperazine rings is 1. The summed E-state index contributed by atoms with van der Waals surface area (Å²) in [5, 5.41) is 9.25. The second kappa shape index (κ2) is 10.1. The molecule has 2 atom stereocenters. The summed E-state index contributed by atoms with van der Waals surface area (Å²) in [6.07, 6.45) is 0.795. The van der Waals surface area contributed by atoms with Gasteiger partial charge in [-0.25, -0.2) is 9.18 Å². The number of carboxylic acid groups (broad SMARTS) is 1. The molecule has 0 saturated carbocycles. The number of nitrogens with zero attached hydrogens (tertiary/aromatic N) is 2. The van der Waals surface area contributed by atoms with Gasteiger partial charge < -0.3 is 14.7 Å². The minimum absolute atomic E-state index is 0.00560. The molecule has 1 aliphatic heterocycles. The van der Waals surface area contributed by atoms with Crippen LogP contribution in [0.5, 0.6) is 5.75 Å². The van der Waals surface area contributed by atoms with Crippen molar-refractivity contribution < 1.29 is 23.8 Å². The van der Waals surface area contributed by atoms with Crippen LogP contribution in [0, 0.1) is 12.7 Å². The normalized spacial score (nSPS) is 17.6. The lowest BCUT2D eigenvalue weighted by Crippen LogP contribution is -2.54. The third kappa shape index (κ3) is 5.47. The molecule has 1 amide bonds. The molecule has 0 aromatic heterocycles. The van der Waals surface area contributed by atoms with Gasteiger partial charge in [-0.1, -0.05) is 30.3 Å². The zero-order valence-corrected chi connectivity index (χ0v) is 18.8. The third-order valence-corrected chi connectivity index (χ3v) is 5.92. The Morgan fingerprint density at radius 1 is 1.31 bits per heavy atom. The standard InChI is InChI=1S/C24H26ClFN2O4/c1-4-23(29)28-10-9-27(13-16(28)3)14-22(17-6-5-15(2)21(26)11-17)32-18-7-8-19(24(30)31)20(25)12-18/h4-8,11-12,16,22H,1,9-10,13-14H2,2-3H3,(H,30,31)/t16-,22?/m1/s1. The Labute approximate surface area is 191 Å². The molecule has 2 aromatic rings. The summed E-state index contributed by atoms with van der Waals surface area (Å²) in [6.45, 7) is 9.50. The first-order chi connectivity index (χ1) is 15.2. The predicted octanol–water partition coefficient (Wildman–Crippen LogP) is 4.32. The highest BCUT2D eigenvalue weighted by atomic mass is 35.5. The van der Waals surface area contributed by atoms with Gasteiger partial charge in [-0.15, -0.1) is 0 Å². The highest BCUT2D eigenvalue weighted by molar-refractivity contribution is 6.33. The number of benzene rings is 2. The predicted molar refractivity (Wildman–Crippen MR) is 121 cm³/mol. The lowest BCUT2D eigenvalue weighted by Gasteiger charge is -2.40. The summed E-state index contributed by atoms with van der Waals surface area (Å²) in [4.78, 5) is 27.2. The molecule has 1 saturated heterocycles. The van der Waals surface area contributed by atoms with E-state index >= 15 is 0 Å². The van der Waals surface area contributed by atoms with Crippen molar-refractivity contribution in [2.75, 3.05) is 26.2 Å². The first kappa shape index (κ1) is 23.8. The van der Waals surface area contributed by atoms with Gasteiger partial charge in [0, 0.05) is 32.2 Å². The average molecular weight is 461 g/mol.